The molecule has 8 heteroatoms. The smallest absolute Gasteiger partial charge is 0.389 e. The van der Waals surface area contributed by atoms with E-state index in [0.717, 1.165) is 6.42 Å². The molecule has 1 saturated carbocycles. The number of halogens is 3. The molecule has 0 unspecified atom stereocenters. The fourth-order valence-electron chi connectivity index (χ4n) is 1.54. The summed E-state index contributed by atoms with van der Waals surface area (Å²) in [6, 6.07) is 0. The van der Waals surface area contributed by atoms with Gasteiger partial charge in [-0.1, -0.05) is 0 Å². The molecule has 0 aromatic carbocycles. The second-order valence-corrected chi connectivity index (χ2v) is 6.36. The van der Waals surface area contributed by atoms with Crippen molar-refractivity contribution < 1.29 is 26.7 Å². The van der Waals surface area contributed by atoms with E-state index in [1.807, 2.05) is 0 Å². The number of hydrogen-bond donors (Lipinski definition) is 2. The van der Waals surface area contributed by atoms with Gasteiger partial charge in [0.05, 0.1) is 11.4 Å². The summed E-state index contributed by atoms with van der Waals surface area (Å²) in [5, 5.41) is 9.62. The molecule has 0 saturated heterocycles. The van der Waals surface area contributed by atoms with E-state index in [1.165, 1.54) is 0 Å². The van der Waals surface area contributed by atoms with Gasteiger partial charge in [0.15, 0.2) is 0 Å². The maximum atomic E-state index is 11.8. The quantitative estimate of drug-likeness (QED) is 0.764. The Balaban J connectivity index is 2.26. The molecule has 0 radical (unpaired) electrons. The van der Waals surface area contributed by atoms with Gasteiger partial charge in [0.1, 0.15) is 0 Å². The van der Waals surface area contributed by atoms with Crippen molar-refractivity contribution in [1.82, 2.24) is 4.72 Å². The molecular weight excluding hydrogens is 259 g/mol. The highest BCUT2D eigenvalue weighted by Gasteiger charge is 2.35. The number of sulfonamides is 1. The van der Waals surface area contributed by atoms with Crippen molar-refractivity contribution >= 4 is 10.0 Å². The maximum Gasteiger partial charge on any atom is 0.389 e. The van der Waals surface area contributed by atoms with Gasteiger partial charge in [0, 0.05) is 13.0 Å². The Hall–Kier alpha value is -0.340. The Kier molecular flexibility index (Phi) is 4.43. The molecule has 0 aromatic heterocycles. The highest BCUT2D eigenvalue weighted by atomic mass is 32.2. The van der Waals surface area contributed by atoms with Crippen LogP contribution in [0.5, 0.6) is 0 Å². The monoisotopic (exact) mass is 275 g/mol. The van der Waals surface area contributed by atoms with Crippen LogP contribution in [0.2, 0.25) is 0 Å². The highest BCUT2D eigenvalue weighted by molar-refractivity contribution is 7.89. The van der Waals surface area contributed by atoms with Crippen molar-refractivity contribution in [3.63, 3.8) is 0 Å². The Morgan fingerprint density at radius 2 is 1.88 bits per heavy atom. The molecule has 17 heavy (non-hydrogen) atoms. The number of hydrogen-bond acceptors (Lipinski definition) is 3. The average molecular weight is 275 g/mol. The second-order valence-electron chi connectivity index (χ2n) is 4.44. The molecule has 1 aliphatic rings. The first-order chi connectivity index (χ1) is 7.62. The molecule has 0 atom stereocenters. The molecule has 0 amide bonds. The normalized spacial score (nSPS) is 20.0. The van der Waals surface area contributed by atoms with Crippen LogP contribution in [-0.2, 0) is 10.0 Å². The van der Waals surface area contributed by atoms with Crippen LogP contribution in [-0.4, -0.2) is 37.6 Å². The molecule has 1 aliphatic carbocycles. The highest BCUT2D eigenvalue weighted by Crippen LogP contribution is 2.30. The first kappa shape index (κ1) is 14.7. The summed E-state index contributed by atoms with van der Waals surface area (Å²) < 4.78 is 60.2. The van der Waals surface area contributed by atoms with Gasteiger partial charge in [0.2, 0.25) is 10.0 Å². The topological polar surface area (TPSA) is 66.4 Å². The molecule has 0 spiro atoms. The Labute approximate surface area is 98.3 Å². The van der Waals surface area contributed by atoms with Crippen molar-refractivity contribution in [3.8, 4) is 0 Å². The third kappa shape index (κ3) is 5.69. The van der Waals surface area contributed by atoms with Crippen LogP contribution in [0.15, 0.2) is 0 Å². The van der Waals surface area contributed by atoms with Crippen LogP contribution in [0.3, 0.4) is 0 Å². The summed E-state index contributed by atoms with van der Waals surface area (Å²) in [5.74, 6) is -0.567. The van der Waals surface area contributed by atoms with Crippen LogP contribution < -0.4 is 4.72 Å². The SMILES string of the molecule is O=S(=O)(CCCC(F)(F)F)NCC1(O)CCC1. The maximum absolute atomic E-state index is 11.8. The van der Waals surface area contributed by atoms with Crippen molar-refractivity contribution in [1.29, 1.82) is 0 Å². The van der Waals surface area contributed by atoms with E-state index in [4.69, 9.17) is 0 Å². The predicted octanol–water partition coefficient (Wildman–Crippen LogP) is 1.16. The van der Waals surface area contributed by atoms with Crippen LogP contribution in [0.4, 0.5) is 13.2 Å². The largest absolute Gasteiger partial charge is 0.389 e. The zero-order valence-corrected chi connectivity index (χ0v) is 10.1. The lowest BCUT2D eigenvalue weighted by atomic mass is 9.81. The van der Waals surface area contributed by atoms with E-state index in [2.05, 4.69) is 4.72 Å². The Morgan fingerprint density at radius 1 is 1.29 bits per heavy atom. The Bertz CT molecular complexity index is 349. The van der Waals surface area contributed by atoms with Gasteiger partial charge in [-0.05, 0) is 25.7 Å². The van der Waals surface area contributed by atoms with E-state index in [1.54, 1.807) is 0 Å². The summed E-state index contributed by atoms with van der Waals surface area (Å²) >= 11 is 0. The van der Waals surface area contributed by atoms with Crippen molar-refractivity contribution in [2.24, 2.45) is 0 Å². The summed E-state index contributed by atoms with van der Waals surface area (Å²) in [4.78, 5) is 0. The third-order valence-corrected chi connectivity index (χ3v) is 4.19. The lowest BCUT2D eigenvalue weighted by molar-refractivity contribution is -0.134. The fraction of sp³-hybridized carbons (Fsp3) is 1.00. The molecule has 0 heterocycles. The molecule has 102 valence electrons. The number of nitrogens with one attached hydrogen (secondary N) is 1. The van der Waals surface area contributed by atoms with Gasteiger partial charge in [-0.3, -0.25) is 0 Å². The van der Waals surface area contributed by atoms with Crippen molar-refractivity contribution in [2.75, 3.05) is 12.3 Å². The molecule has 0 aliphatic heterocycles. The average Bonchev–Trinajstić information content (AvgIpc) is 2.09. The van der Waals surface area contributed by atoms with Gasteiger partial charge in [-0.15, -0.1) is 0 Å². The third-order valence-electron chi connectivity index (χ3n) is 2.78. The molecule has 2 N–H and O–H groups in total. The van der Waals surface area contributed by atoms with Crippen molar-refractivity contribution in [3.05, 3.63) is 0 Å². The van der Waals surface area contributed by atoms with Crippen LogP contribution >= 0.6 is 0 Å². The first-order valence-corrected chi connectivity index (χ1v) is 7.04. The molecule has 1 fully saturated rings. The summed E-state index contributed by atoms with van der Waals surface area (Å²) in [6.45, 7) is -0.110. The van der Waals surface area contributed by atoms with E-state index < -0.39 is 40.4 Å². The zero-order chi connectivity index (χ0) is 13.2. The Morgan fingerprint density at radius 3 is 2.29 bits per heavy atom. The fourth-order valence-corrected chi connectivity index (χ4v) is 2.70. The lowest BCUT2D eigenvalue weighted by Crippen LogP contribution is -2.48. The molecule has 0 aromatic rings. The van der Waals surface area contributed by atoms with Gasteiger partial charge in [-0.25, -0.2) is 13.1 Å². The summed E-state index contributed by atoms with van der Waals surface area (Å²) in [6.07, 6.45) is -4.01. The second kappa shape index (κ2) is 5.11. The number of alkyl halides is 3. The number of rotatable bonds is 6. The van der Waals surface area contributed by atoms with Crippen LogP contribution in [0.1, 0.15) is 32.1 Å². The summed E-state index contributed by atoms with van der Waals surface area (Å²) in [7, 11) is -3.72. The molecular formula is C9H16F3NO3S. The molecule has 1 rings (SSSR count). The van der Waals surface area contributed by atoms with Crippen LogP contribution in [0.25, 0.3) is 0 Å². The number of aliphatic hydroxyl groups is 1. The van der Waals surface area contributed by atoms with Gasteiger partial charge in [0.25, 0.3) is 0 Å². The van der Waals surface area contributed by atoms with Crippen LogP contribution in [0, 0.1) is 0 Å². The van der Waals surface area contributed by atoms with E-state index in [0.29, 0.717) is 12.8 Å². The van der Waals surface area contributed by atoms with E-state index in [9.17, 15) is 26.7 Å². The van der Waals surface area contributed by atoms with E-state index >= 15 is 0 Å². The minimum absolute atomic E-state index is 0.110. The predicted molar refractivity (Wildman–Crippen MR) is 55.9 cm³/mol. The molecule has 4 nitrogen and oxygen atoms in total. The van der Waals surface area contributed by atoms with E-state index in [-0.39, 0.29) is 6.54 Å². The minimum atomic E-state index is -4.33. The standard InChI is InChI=1S/C9H16F3NO3S/c10-9(11,12)5-2-6-17(15,16)13-7-8(14)3-1-4-8/h13-14H,1-7H2. The summed E-state index contributed by atoms with van der Waals surface area (Å²) in [5.41, 5.74) is -1.00. The van der Waals surface area contributed by atoms with Crippen molar-refractivity contribution in [2.45, 2.75) is 43.9 Å². The van der Waals surface area contributed by atoms with Gasteiger partial charge >= 0.3 is 6.18 Å². The van der Waals surface area contributed by atoms with Gasteiger partial charge in [-0.2, -0.15) is 13.2 Å². The molecule has 0 bridgehead atoms. The van der Waals surface area contributed by atoms with Gasteiger partial charge < -0.3 is 5.11 Å². The zero-order valence-electron chi connectivity index (χ0n) is 9.26. The lowest BCUT2D eigenvalue weighted by Gasteiger charge is -2.36. The minimum Gasteiger partial charge on any atom is -0.389 e. The first-order valence-electron chi connectivity index (χ1n) is 5.38.